The molecule has 0 spiro atoms. The van der Waals surface area contributed by atoms with Crippen LogP contribution in [0.4, 0.5) is 0 Å². The Morgan fingerprint density at radius 2 is 2.15 bits per heavy atom. The zero-order valence-electron chi connectivity index (χ0n) is 14.1. The molecule has 3 heterocycles. The summed E-state index contributed by atoms with van der Waals surface area (Å²) in [5, 5.41) is 22.9. The summed E-state index contributed by atoms with van der Waals surface area (Å²) in [4.78, 5) is 40.8. The molecule has 0 aromatic carbocycles. The van der Waals surface area contributed by atoms with Gasteiger partial charge in [-0.15, -0.1) is 0 Å². The summed E-state index contributed by atoms with van der Waals surface area (Å²) in [6.07, 6.45) is 1.91. The van der Waals surface area contributed by atoms with Crippen molar-refractivity contribution in [2.45, 2.75) is 31.1 Å². The molecule has 0 unspecified atom stereocenters. The fourth-order valence-electron chi connectivity index (χ4n) is 2.64. The van der Waals surface area contributed by atoms with Crippen molar-refractivity contribution in [1.29, 1.82) is 0 Å². The second-order valence-corrected chi connectivity index (χ2v) is 5.93. The van der Waals surface area contributed by atoms with Crippen LogP contribution in [0.15, 0.2) is 58.5 Å². The smallest absolute Gasteiger partial charge is 0.330 e. The highest BCUT2D eigenvalue weighted by molar-refractivity contribution is 5.87. The van der Waals surface area contributed by atoms with Gasteiger partial charge in [-0.3, -0.25) is 24.1 Å². The van der Waals surface area contributed by atoms with Crippen molar-refractivity contribution in [2.75, 3.05) is 0 Å². The second-order valence-electron chi connectivity index (χ2n) is 5.93. The highest BCUT2D eigenvalue weighted by Crippen LogP contribution is 2.28. The van der Waals surface area contributed by atoms with E-state index in [4.69, 9.17) is 4.74 Å². The average molecular weight is 374 g/mol. The summed E-state index contributed by atoms with van der Waals surface area (Å²) < 4.78 is 6.43. The molecule has 0 saturated carbocycles. The summed E-state index contributed by atoms with van der Waals surface area (Å²) in [5.74, 6) is -0.422. The van der Waals surface area contributed by atoms with Gasteiger partial charge in [0.05, 0.1) is 0 Å². The Balaban J connectivity index is 1.63. The second kappa shape index (κ2) is 8.08. The van der Waals surface area contributed by atoms with E-state index in [0.29, 0.717) is 0 Å². The summed E-state index contributed by atoms with van der Waals surface area (Å²) in [6.45, 7) is 0.281. The molecule has 142 valence electrons. The van der Waals surface area contributed by atoms with E-state index in [1.165, 1.54) is 12.2 Å². The molecular weight excluding hydrogens is 356 g/mol. The number of rotatable bonds is 5. The fraction of sp³-hybridized carbons (Fsp3) is 0.294. The third-order valence-electron chi connectivity index (χ3n) is 4.03. The number of ether oxygens (including phenoxy) is 1. The first-order valence-corrected chi connectivity index (χ1v) is 8.14. The van der Waals surface area contributed by atoms with Crippen LogP contribution in [0.3, 0.4) is 0 Å². The van der Waals surface area contributed by atoms with E-state index >= 15 is 0 Å². The van der Waals surface area contributed by atoms with E-state index < -0.39 is 41.7 Å². The highest BCUT2D eigenvalue weighted by Gasteiger charge is 2.42. The molecule has 1 aliphatic rings. The number of carbonyl (C=O) groups excluding carboxylic acids is 1. The number of aromatic amines is 1. The van der Waals surface area contributed by atoms with E-state index in [1.807, 2.05) is 11.1 Å². The van der Waals surface area contributed by atoms with Gasteiger partial charge in [-0.05, 0) is 17.7 Å². The Morgan fingerprint density at radius 1 is 1.33 bits per heavy atom. The molecule has 0 aliphatic carbocycles. The van der Waals surface area contributed by atoms with Crippen molar-refractivity contribution in [3.05, 3.63) is 75.3 Å². The third kappa shape index (κ3) is 4.37. The number of aromatic nitrogens is 3. The number of carbonyl (C=O) groups is 1. The van der Waals surface area contributed by atoms with Crippen molar-refractivity contribution in [3.63, 3.8) is 0 Å². The van der Waals surface area contributed by atoms with E-state index in [-0.39, 0.29) is 6.54 Å². The zero-order chi connectivity index (χ0) is 19.4. The van der Waals surface area contributed by atoms with Crippen molar-refractivity contribution >= 4 is 5.91 Å². The van der Waals surface area contributed by atoms with Crippen molar-refractivity contribution in [1.82, 2.24) is 19.9 Å². The van der Waals surface area contributed by atoms with Crippen LogP contribution >= 0.6 is 0 Å². The molecule has 1 aliphatic heterocycles. The first-order valence-electron chi connectivity index (χ1n) is 8.14. The van der Waals surface area contributed by atoms with Crippen molar-refractivity contribution in [2.24, 2.45) is 0 Å². The maximum absolute atomic E-state index is 11.9. The van der Waals surface area contributed by atoms with Crippen LogP contribution in [-0.4, -0.2) is 49.0 Å². The van der Waals surface area contributed by atoms with Crippen LogP contribution in [0.5, 0.6) is 0 Å². The molecule has 1 saturated heterocycles. The Bertz CT molecular complexity index is 938. The number of aliphatic hydroxyl groups excluding tert-OH is 2. The Labute approximate surface area is 152 Å². The van der Waals surface area contributed by atoms with Gasteiger partial charge in [0.25, 0.3) is 5.56 Å². The standard InChI is InChI=1S/C17H18N4O6/c22-12(19-9-10-2-1-6-18-8-10)4-3-11-14(24)15(25)16(27-11)21-7-5-13(23)20-17(21)26/h1-8,11,14-16,24-25H,9H2,(H,19,22)(H,20,23,26)/b4-3+/t11-,14-,15-,16-/m1/s1. The average Bonchev–Trinajstić information content (AvgIpc) is 2.94. The molecule has 2 aromatic rings. The van der Waals surface area contributed by atoms with Gasteiger partial charge >= 0.3 is 5.69 Å². The maximum atomic E-state index is 11.9. The molecular formula is C17H18N4O6. The van der Waals surface area contributed by atoms with Gasteiger partial charge in [0.2, 0.25) is 5.91 Å². The number of hydrogen-bond acceptors (Lipinski definition) is 7. The molecule has 10 nitrogen and oxygen atoms in total. The van der Waals surface area contributed by atoms with Gasteiger partial charge in [-0.1, -0.05) is 6.07 Å². The predicted molar refractivity (Wildman–Crippen MR) is 92.5 cm³/mol. The monoisotopic (exact) mass is 374 g/mol. The number of H-pyrrole nitrogens is 1. The molecule has 0 bridgehead atoms. The quantitative estimate of drug-likeness (QED) is 0.462. The van der Waals surface area contributed by atoms with Gasteiger partial charge in [-0.2, -0.15) is 0 Å². The van der Waals surface area contributed by atoms with Crippen LogP contribution in [-0.2, 0) is 16.1 Å². The molecule has 3 rings (SSSR count). The summed E-state index contributed by atoms with van der Waals surface area (Å²) in [5.41, 5.74) is -0.548. The van der Waals surface area contributed by atoms with Crippen molar-refractivity contribution in [3.8, 4) is 0 Å². The van der Waals surface area contributed by atoms with Crippen LogP contribution in [0, 0.1) is 0 Å². The van der Waals surface area contributed by atoms with Crippen LogP contribution < -0.4 is 16.6 Å². The summed E-state index contributed by atoms with van der Waals surface area (Å²) in [6, 6.07) is 4.66. The zero-order valence-corrected chi connectivity index (χ0v) is 14.1. The van der Waals surface area contributed by atoms with Gasteiger partial charge < -0.3 is 20.3 Å². The highest BCUT2D eigenvalue weighted by atomic mass is 16.6. The van der Waals surface area contributed by atoms with Gasteiger partial charge in [-0.25, -0.2) is 4.79 Å². The van der Waals surface area contributed by atoms with E-state index in [9.17, 15) is 24.6 Å². The minimum Gasteiger partial charge on any atom is -0.387 e. The normalized spacial score (nSPS) is 25.0. The van der Waals surface area contributed by atoms with Crippen LogP contribution in [0.1, 0.15) is 11.8 Å². The largest absolute Gasteiger partial charge is 0.387 e. The predicted octanol–water partition coefficient (Wildman–Crippen LogP) is -1.58. The van der Waals surface area contributed by atoms with Crippen LogP contribution in [0.25, 0.3) is 0 Å². The topological polar surface area (TPSA) is 147 Å². The molecule has 0 radical (unpaired) electrons. The van der Waals surface area contributed by atoms with E-state index in [2.05, 4.69) is 10.3 Å². The lowest BCUT2D eigenvalue weighted by Gasteiger charge is -2.16. The van der Waals surface area contributed by atoms with E-state index in [0.717, 1.165) is 22.4 Å². The lowest BCUT2D eigenvalue weighted by atomic mass is 10.1. The minimum atomic E-state index is -1.42. The summed E-state index contributed by atoms with van der Waals surface area (Å²) >= 11 is 0. The number of aliphatic hydroxyl groups is 2. The third-order valence-corrected chi connectivity index (χ3v) is 4.03. The lowest BCUT2D eigenvalue weighted by molar-refractivity contribution is -0.116. The van der Waals surface area contributed by atoms with Gasteiger partial charge in [0, 0.05) is 37.3 Å². The van der Waals surface area contributed by atoms with E-state index in [1.54, 1.807) is 18.5 Å². The number of amides is 1. The fourth-order valence-corrected chi connectivity index (χ4v) is 2.64. The number of hydrogen-bond donors (Lipinski definition) is 4. The molecule has 10 heteroatoms. The minimum absolute atomic E-state index is 0.281. The molecule has 4 N–H and O–H groups in total. The molecule has 4 atom stereocenters. The Morgan fingerprint density at radius 3 is 2.85 bits per heavy atom. The maximum Gasteiger partial charge on any atom is 0.330 e. The van der Waals surface area contributed by atoms with Gasteiger partial charge in [0.15, 0.2) is 6.23 Å². The first kappa shape index (κ1) is 18.7. The Hall–Kier alpha value is -3.08. The summed E-state index contributed by atoms with van der Waals surface area (Å²) in [7, 11) is 0. The Kier molecular flexibility index (Phi) is 5.60. The molecule has 1 amide bonds. The molecule has 27 heavy (non-hydrogen) atoms. The van der Waals surface area contributed by atoms with Gasteiger partial charge in [0.1, 0.15) is 18.3 Å². The van der Waals surface area contributed by atoms with Crippen molar-refractivity contribution < 1.29 is 19.7 Å². The number of pyridine rings is 1. The van der Waals surface area contributed by atoms with Crippen LogP contribution in [0.2, 0.25) is 0 Å². The number of nitrogens with zero attached hydrogens (tertiary/aromatic N) is 2. The first-order chi connectivity index (χ1) is 13.0. The molecule has 2 aromatic heterocycles. The number of nitrogens with one attached hydrogen (secondary N) is 2. The molecule has 1 fully saturated rings. The SMILES string of the molecule is O=C(/C=C/[C@H]1O[C@@H](n2ccc(=O)[nH]c2=O)[C@H](O)[C@@H]1O)NCc1cccnc1. The lowest BCUT2D eigenvalue weighted by Crippen LogP contribution is -2.37.